The van der Waals surface area contributed by atoms with E-state index in [2.05, 4.69) is 33.9 Å². The van der Waals surface area contributed by atoms with Crippen LogP contribution in [-0.2, 0) is 15.8 Å². The summed E-state index contributed by atoms with van der Waals surface area (Å²) in [6, 6.07) is 0. The molecule has 0 unspecified atom stereocenters. The van der Waals surface area contributed by atoms with E-state index in [0.717, 1.165) is 0 Å². The second-order valence-electron chi connectivity index (χ2n) is 6.58. The molecule has 1 aliphatic rings. The Bertz CT molecular complexity index is 588. The average Bonchev–Trinajstić information content (AvgIpc) is 2.74. The van der Waals surface area contributed by atoms with Gasteiger partial charge in [0.1, 0.15) is 5.76 Å². The molecule has 2 rings (SSSR count). The molecule has 108 valence electrons. The quantitative estimate of drug-likeness (QED) is 0.631. The molecule has 0 atom stereocenters. The Kier molecular flexibility index (Phi) is 3.60. The topological polar surface area (TPSA) is 56.5 Å². The van der Waals surface area contributed by atoms with Gasteiger partial charge in [-0.3, -0.25) is 9.59 Å². The highest BCUT2D eigenvalue weighted by Gasteiger charge is 2.38. The van der Waals surface area contributed by atoms with Gasteiger partial charge < -0.3 is 8.84 Å². The summed E-state index contributed by atoms with van der Waals surface area (Å²) in [5, 5.41) is 0.0938. The third kappa shape index (κ3) is 2.55. The first-order valence-electron chi connectivity index (χ1n) is 6.64. The fourth-order valence-corrected chi connectivity index (χ4v) is 2.67. The highest BCUT2D eigenvalue weighted by molar-refractivity contribution is 6.74. The van der Waals surface area contributed by atoms with Crippen molar-refractivity contribution < 1.29 is 18.4 Å². The van der Waals surface area contributed by atoms with Crippen molar-refractivity contribution in [3.63, 3.8) is 0 Å². The molecule has 0 saturated carbocycles. The van der Waals surface area contributed by atoms with Gasteiger partial charge in [-0.05, 0) is 30.3 Å². The predicted molar refractivity (Wildman–Crippen MR) is 79.1 cm³/mol. The van der Waals surface area contributed by atoms with Crippen LogP contribution < -0.4 is 0 Å². The number of allylic oxidation sites excluding steroid dienone is 1. The van der Waals surface area contributed by atoms with Gasteiger partial charge in [0, 0.05) is 5.56 Å². The maximum atomic E-state index is 11.9. The smallest absolute Gasteiger partial charge is 0.237 e. The van der Waals surface area contributed by atoms with E-state index in [9.17, 15) is 9.59 Å². The average molecular weight is 292 g/mol. The summed E-state index contributed by atoms with van der Waals surface area (Å²) in [4.78, 5) is 23.4. The molecule has 1 aliphatic carbocycles. The normalized spacial score (nSPS) is 15.7. The van der Waals surface area contributed by atoms with E-state index in [1.165, 1.54) is 18.4 Å². The van der Waals surface area contributed by atoms with Gasteiger partial charge in [-0.1, -0.05) is 20.8 Å². The summed E-state index contributed by atoms with van der Waals surface area (Å²) < 4.78 is 11.4. The lowest BCUT2D eigenvalue weighted by Crippen LogP contribution is -2.40. The SMILES string of the molecule is CC(C)(C)[Si](C)(C)OCc1coc2c1C(=O)C(=O)C=C2. The second kappa shape index (κ2) is 4.82. The zero-order chi connectivity index (χ0) is 15.1. The largest absolute Gasteiger partial charge is 0.464 e. The maximum Gasteiger partial charge on any atom is 0.237 e. The van der Waals surface area contributed by atoms with E-state index < -0.39 is 19.9 Å². The van der Waals surface area contributed by atoms with Gasteiger partial charge in [0.15, 0.2) is 8.32 Å². The van der Waals surface area contributed by atoms with Crippen LogP contribution in [-0.4, -0.2) is 19.9 Å². The summed E-state index contributed by atoms with van der Waals surface area (Å²) in [6.07, 6.45) is 4.29. The molecule has 0 aromatic carbocycles. The second-order valence-corrected chi connectivity index (χ2v) is 11.4. The number of hydrogen-bond acceptors (Lipinski definition) is 4. The lowest BCUT2D eigenvalue weighted by Gasteiger charge is -2.36. The minimum absolute atomic E-state index is 0.0938. The van der Waals surface area contributed by atoms with Crippen molar-refractivity contribution >= 4 is 26.0 Å². The molecule has 5 heteroatoms. The molecular weight excluding hydrogens is 272 g/mol. The van der Waals surface area contributed by atoms with Crippen LogP contribution in [0.25, 0.3) is 6.08 Å². The number of ketones is 2. The third-order valence-corrected chi connectivity index (χ3v) is 8.61. The fourth-order valence-electron chi connectivity index (χ4n) is 1.72. The van der Waals surface area contributed by atoms with E-state index in [1.807, 2.05) is 0 Å². The van der Waals surface area contributed by atoms with E-state index in [1.54, 1.807) is 0 Å². The monoisotopic (exact) mass is 292 g/mol. The van der Waals surface area contributed by atoms with Crippen LogP contribution in [0.2, 0.25) is 18.1 Å². The first-order chi connectivity index (χ1) is 9.13. The Morgan fingerprint density at radius 3 is 2.45 bits per heavy atom. The zero-order valence-corrected chi connectivity index (χ0v) is 13.6. The van der Waals surface area contributed by atoms with Gasteiger partial charge in [-0.25, -0.2) is 0 Å². The Morgan fingerprint density at radius 2 is 1.85 bits per heavy atom. The summed E-state index contributed by atoms with van der Waals surface area (Å²) >= 11 is 0. The van der Waals surface area contributed by atoms with Crippen LogP contribution in [0.15, 0.2) is 16.8 Å². The Hall–Kier alpha value is -1.46. The van der Waals surface area contributed by atoms with Crippen LogP contribution in [0.3, 0.4) is 0 Å². The highest BCUT2D eigenvalue weighted by atomic mass is 28.4. The van der Waals surface area contributed by atoms with Crippen molar-refractivity contribution in [2.75, 3.05) is 0 Å². The molecule has 0 aliphatic heterocycles. The van der Waals surface area contributed by atoms with Crippen LogP contribution in [0.4, 0.5) is 0 Å². The van der Waals surface area contributed by atoms with E-state index in [-0.39, 0.29) is 5.04 Å². The number of carbonyl (C=O) groups is 2. The molecule has 0 fully saturated rings. The molecule has 1 aromatic rings. The lowest BCUT2D eigenvalue weighted by atomic mass is 9.99. The molecule has 0 N–H and O–H groups in total. The van der Waals surface area contributed by atoms with E-state index in [4.69, 9.17) is 8.84 Å². The maximum absolute atomic E-state index is 11.9. The van der Waals surface area contributed by atoms with Crippen LogP contribution in [0, 0.1) is 0 Å². The number of carbonyl (C=O) groups excluding carboxylic acids is 2. The predicted octanol–water partition coefficient (Wildman–Crippen LogP) is 3.58. The molecule has 0 saturated heterocycles. The van der Waals surface area contributed by atoms with Gasteiger partial charge in [0.25, 0.3) is 0 Å². The number of Topliss-reactive ketones (excluding diaryl/α,β-unsaturated/α-hetero) is 1. The van der Waals surface area contributed by atoms with Crippen molar-refractivity contribution in [1.29, 1.82) is 0 Å². The van der Waals surface area contributed by atoms with E-state index in [0.29, 0.717) is 23.5 Å². The molecule has 0 radical (unpaired) electrons. The van der Waals surface area contributed by atoms with Gasteiger partial charge >= 0.3 is 0 Å². The van der Waals surface area contributed by atoms with Gasteiger partial charge in [-0.15, -0.1) is 0 Å². The van der Waals surface area contributed by atoms with Crippen molar-refractivity contribution in [3.05, 3.63) is 29.2 Å². The number of hydrogen-bond donors (Lipinski definition) is 0. The first-order valence-corrected chi connectivity index (χ1v) is 9.55. The zero-order valence-electron chi connectivity index (χ0n) is 12.6. The van der Waals surface area contributed by atoms with Crippen molar-refractivity contribution in [1.82, 2.24) is 0 Å². The minimum atomic E-state index is -1.90. The fraction of sp³-hybridized carbons (Fsp3) is 0.467. The van der Waals surface area contributed by atoms with Crippen molar-refractivity contribution in [3.8, 4) is 0 Å². The third-order valence-electron chi connectivity index (χ3n) is 4.13. The summed E-state index contributed by atoms with van der Waals surface area (Å²) in [5.74, 6) is -0.569. The Morgan fingerprint density at radius 1 is 1.20 bits per heavy atom. The van der Waals surface area contributed by atoms with Crippen LogP contribution >= 0.6 is 0 Å². The van der Waals surface area contributed by atoms with Crippen LogP contribution in [0.5, 0.6) is 0 Å². The van der Waals surface area contributed by atoms with Crippen molar-refractivity contribution in [2.24, 2.45) is 0 Å². The van der Waals surface area contributed by atoms with Crippen LogP contribution in [0.1, 0.15) is 42.5 Å². The summed E-state index contributed by atoms with van der Waals surface area (Å²) in [6.45, 7) is 11.1. The number of fused-ring (bicyclic) bond motifs is 1. The molecule has 1 aromatic heterocycles. The molecule has 0 spiro atoms. The lowest BCUT2D eigenvalue weighted by molar-refractivity contribution is -0.111. The molecule has 20 heavy (non-hydrogen) atoms. The molecular formula is C15H20O4Si. The molecule has 0 bridgehead atoms. The number of furan rings is 1. The summed E-state index contributed by atoms with van der Waals surface area (Å²) in [7, 11) is -1.90. The Labute approximate surface area is 119 Å². The minimum Gasteiger partial charge on any atom is -0.464 e. The van der Waals surface area contributed by atoms with E-state index >= 15 is 0 Å². The highest BCUT2D eigenvalue weighted by Crippen LogP contribution is 2.37. The standard InChI is InChI=1S/C15H20O4Si/c1-15(2,3)20(4,5)19-9-10-8-18-12-7-6-11(16)14(17)13(10)12/h6-8H,9H2,1-5H3. The summed E-state index contributed by atoms with van der Waals surface area (Å²) in [5.41, 5.74) is 1.02. The molecule has 0 amide bonds. The van der Waals surface area contributed by atoms with Gasteiger partial charge in [0.2, 0.25) is 11.6 Å². The van der Waals surface area contributed by atoms with Gasteiger partial charge in [-0.2, -0.15) is 0 Å². The Balaban J connectivity index is 2.22. The van der Waals surface area contributed by atoms with Gasteiger partial charge in [0.05, 0.1) is 18.4 Å². The first kappa shape index (κ1) is 14.9. The van der Waals surface area contributed by atoms with Crippen molar-refractivity contribution in [2.45, 2.75) is 45.5 Å². The molecule has 1 heterocycles. The molecule has 4 nitrogen and oxygen atoms in total. The number of rotatable bonds is 3.